The van der Waals surface area contributed by atoms with Gasteiger partial charge in [-0.3, -0.25) is 23.7 Å². The minimum atomic E-state index is -4.47. The molecule has 1 aliphatic heterocycles. The standard InChI is InChI=1S/C22H26N4O8S2/c1-14(27)24-35(30,31)19-8-3-15(4-9-19)5-10-21(28)26-13-17-11-18(25-36(32,33)34)7-6-16(17)12-20(26)22(29)23-2/h3-4,6-9,11,20,25H,5,10,12-13H2,1-2H3,(H,23,29)(H,24,27)(H,32,33,34). The van der Waals surface area contributed by atoms with E-state index in [0.29, 0.717) is 11.1 Å². The summed E-state index contributed by atoms with van der Waals surface area (Å²) in [5, 5.41) is 2.56. The van der Waals surface area contributed by atoms with Crippen molar-refractivity contribution >= 4 is 43.7 Å². The molecule has 4 N–H and O–H groups in total. The lowest BCUT2D eigenvalue weighted by atomic mass is 9.92. The van der Waals surface area contributed by atoms with Crippen LogP contribution in [0.5, 0.6) is 0 Å². The second-order valence-corrected chi connectivity index (χ2v) is 11.1. The van der Waals surface area contributed by atoms with Crippen LogP contribution in [-0.2, 0) is 54.1 Å². The van der Waals surface area contributed by atoms with E-state index in [-0.39, 0.29) is 48.2 Å². The van der Waals surface area contributed by atoms with Crippen LogP contribution in [0.25, 0.3) is 0 Å². The van der Waals surface area contributed by atoms with Crippen molar-refractivity contribution in [1.29, 1.82) is 0 Å². The SMILES string of the molecule is CNC(=O)C1Cc2ccc(NS(=O)(=O)O)cc2CN1C(=O)CCc1ccc(S(=O)(=O)NC(C)=O)cc1. The molecule has 0 spiro atoms. The monoisotopic (exact) mass is 538 g/mol. The zero-order valence-electron chi connectivity index (χ0n) is 19.5. The van der Waals surface area contributed by atoms with E-state index in [1.165, 1.54) is 48.3 Å². The highest BCUT2D eigenvalue weighted by molar-refractivity contribution is 7.90. The molecule has 1 aliphatic rings. The summed E-state index contributed by atoms with van der Waals surface area (Å²) >= 11 is 0. The lowest BCUT2D eigenvalue weighted by Crippen LogP contribution is -2.52. The van der Waals surface area contributed by atoms with Crippen LogP contribution < -0.4 is 14.8 Å². The first-order valence-electron chi connectivity index (χ1n) is 10.8. The number of carbonyl (C=O) groups excluding carboxylic acids is 3. The molecule has 0 bridgehead atoms. The minimum absolute atomic E-state index is 0.0313. The topological polar surface area (TPSA) is 179 Å². The maximum Gasteiger partial charge on any atom is 0.357 e. The molecule has 1 unspecified atom stereocenters. The fourth-order valence-corrected chi connectivity index (χ4v) is 5.35. The molecule has 1 heterocycles. The Hall–Kier alpha value is -3.49. The van der Waals surface area contributed by atoms with Gasteiger partial charge in [-0.15, -0.1) is 0 Å². The van der Waals surface area contributed by atoms with Crippen LogP contribution in [0.3, 0.4) is 0 Å². The van der Waals surface area contributed by atoms with E-state index in [9.17, 15) is 31.2 Å². The Labute approximate surface area is 209 Å². The molecule has 194 valence electrons. The van der Waals surface area contributed by atoms with Gasteiger partial charge in [0, 0.05) is 33.4 Å². The normalized spacial score (nSPS) is 15.5. The van der Waals surface area contributed by atoms with Gasteiger partial charge >= 0.3 is 10.3 Å². The molecule has 12 nitrogen and oxygen atoms in total. The summed E-state index contributed by atoms with van der Waals surface area (Å²) in [7, 11) is -6.97. The molecule has 0 aromatic heterocycles. The Balaban J connectivity index is 1.75. The zero-order chi connectivity index (χ0) is 26.7. The molecule has 2 aromatic carbocycles. The highest BCUT2D eigenvalue weighted by atomic mass is 32.2. The average molecular weight is 539 g/mol. The predicted molar refractivity (Wildman–Crippen MR) is 129 cm³/mol. The van der Waals surface area contributed by atoms with Gasteiger partial charge in [0.05, 0.1) is 10.6 Å². The van der Waals surface area contributed by atoms with Crippen LogP contribution in [0.4, 0.5) is 5.69 Å². The number of nitrogens with zero attached hydrogens (tertiary/aromatic N) is 1. The van der Waals surface area contributed by atoms with Gasteiger partial charge in [-0.25, -0.2) is 13.1 Å². The minimum Gasteiger partial charge on any atom is -0.357 e. The van der Waals surface area contributed by atoms with Crippen LogP contribution in [0.2, 0.25) is 0 Å². The second kappa shape index (κ2) is 10.6. The summed E-state index contributed by atoms with van der Waals surface area (Å²) in [5.41, 5.74) is 2.20. The summed E-state index contributed by atoms with van der Waals surface area (Å²) in [6.45, 7) is 1.15. The molecule has 1 atom stereocenters. The van der Waals surface area contributed by atoms with Gasteiger partial charge in [0.25, 0.3) is 10.0 Å². The number of aryl methyl sites for hydroxylation is 1. The smallest absolute Gasteiger partial charge is 0.357 e. The first-order chi connectivity index (χ1) is 16.8. The second-order valence-electron chi connectivity index (χ2n) is 8.22. The van der Waals surface area contributed by atoms with Crippen molar-refractivity contribution in [3.05, 3.63) is 59.2 Å². The number of nitrogens with one attached hydrogen (secondary N) is 3. The molecule has 36 heavy (non-hydrogen) atoms. The van der Waals surface area contributed by atoms with Crippen molar-refractivity contribution in [2.75, 3.05) is 11.8 Å². The third-order valence-electron chi connectivity index (χ3n) is 5.59. The number of anilines is 1. The zero-order valence-corrected chi connectivity index (χ0v) is 21.1. The lowest BCUT2D eigenvalue weighted by Gasteiger charge is -2.36. The Morgan fingerprint density at radius 1 is 1.03 bits per heavy atom. The van der Waals surface area contributed by atoms with Crippen molar-refractivity contribution in [2.45, 2.75) is 43.7 Å². The van der Waals surface area contributed by atoms with E-state index in [1.54, 1.807) is 6.07 Å². The molecule has 0 fully saturated rings. The quantitative estimate of drug-likeness (QED) is 0.348. The first-order valence-corrected chi connectivity index (χ1v) is 13.7. The number of fused-ring (bicyclic) bond motifs is 1. The van der Waals surface area contributed by atoms with Crippen molar-refractivity contribution < 1.29 is 35.8 Å². The fraction of sp³-hybridized carbons (Fsp3) is 0.318. The van der Waals surface area contributed by atoms with E-state index in [0.717, 1.165) is 12.5 Å². The number of hydrogen-bond acceptors (Lipinski definition) is 7. The number of rotatable bonds is 8. The highest BCUT2D eigenvalue weighted by Gasteiger charge is 2.34. The number of amides is 3. The molecule has 3 rings (SSSR count). The molecule has 0 aliphatic carbocycles. The van der Waals surface area contributed by atoms with Gasteiger partial charge in [0.1, 0.15) is 6.04 Å². The van der Waals surface area contributed by atoms with Crippen molar-refractivity contribution in [2.24, 2.45) is 0 Å². The van der Waals surface area contributed by atoms with E-state index in [2.05, 4.69) is 5.32 Å². The average Bonchev–Trinajstić information content (AvgIpc) is 2.79. The van der Waals surface area contributed by atoms with Gasteiger partial charge in [-0.1, -0.05) is 18.2 Å². The largest absolute Gasteiger partial charge is 0.357 e. The number of likely N-dealkylation sites (N-methyl/N-ethyl adjacent to an activating group) is 1. The van der Waals surface area contributed by atoms with Crippen molar-refractivity contribution in [3.63, 3.8) is 0 Å². The van der Waals surface area contributed by atoms with E-state index in [1.807, 2.05) is 9.44 Å². The first kappa shape index (κ1) is 27.1. The van der Waals surface area contributed by atoms with Gasteiger partial charge in [-0.05, 0) is 47.4 Å². The van der Waals surface area contributed by atoms with Crippen LogP contribution in [0.15, 0.2) is 47.4 Å². The predicted octanol–water partition coefficient (Wildman–Crippen LogP) is 0.358. The Bertz CT molecular complexity index is 1390. The summed E-state index contributed by atoms with van der Waals surface area (Å²) in [5.74, 6) is -1.38. The lowest BCUT2D eigenvalue weighted by molar-refractivity contribution is -0.141. The van der Waals surface area contributed by atoms with Crippen molar-refractivity contribution in [1.82, 2.24) is 14.9 Å². The molecule has 0 saturated heterocycles. The molecule has 3 amide bonds. The van der Waals surface area contributed by atoms with E-state index in [4.69, 9.17) is 4.55 Å². The Morgan fingerprint density at radius 2 is 1.69 bits per heavy atom. The molecule has 2 aromatic rings. The molecular weight excluding hydrogens is 512 g/mol. The van der Waals surface area contributed by atoms with Crippen LogP contribution in [0, 0.1) is 0 Å². The van der Waals surface area contributed by atoms with Crippen LogP contribution >= 0.6 is 0 Å². The third kappa shape index (κ3) is 6.80. The van der Waals surface area contributed by atoms with Gasteiger partial charge in [0.15, 0.2) is 0 Å². The van der Waals surface area contributed by atoms with E-state index >= 15 is 0 Å². The van der Waals surface area contributed by atoms with Crippen molar-refractivity contribution in [3.8, 4) is 0 Å². The van der Waals surface area contributed by atoms with E-state index < -0.39 is 32.3 Å². The summed E-state index contributed by atoms with van der Waals surface area (Å²) in [6, 6.07) is 9.57. The van der Waals surface area contributed by atoms with Gasteiger partial charge in [0.2, 0.25) is 17.7 Å². The number of benzene rings is 2. The third-order valence-corrected chi connectivity index (χ3v) is 7.53. The maximum atomic E-state index is 13.1. The number of hydrogen-bond donors (Lipinski definition) is 4. The molecular formula is C22H26N4O8S2. The maximum absolute atomic E-state index is 13.1. The Morgan fingerprint density at radius 3 is 2.28 bits per heavy atom. The fourth-order valence-electron chi connectivity index (χ4n) is 3.94. The molecule has 0 saturated carbocycles. The molecule has 0 radical (unpaired) electrons. The van der Waals surface area contributed by atoms with Gasteiger partial charge < -0.3 is 10.2 Å². The highest BCUT2D eigenvalue weighted by Crippen LogP contribution is 2.27. The summed E-state index contributed by atoms with van der Waals surface area (Å²) in [6.07, 6.45) is 0.527. The van der Waals surface area contributed by atoms with Crippen LogP contribution in [-0.4, -0.2) is 57.1 Å². The Kier molecular flexibility index (Phi) is 8.01. The van der Waals surface area contributed by atoms with Crippen LogP contribution in [0.1, 0.15) is 30.0 Å². The summed E-state index contributed by atoms with van der Waals surface area (Å²) < 4.78 is 59.3. The summed E-state index contributed by atoms with van der Waals surface area (Å²) in [4.78, 5) is 38.0. The van der Waals surface area contributed by atoms with Gasteiger partial charge in [-0.2, -0.15) is 8.42 Å². The number of carbonyl (C=O) groups is 3. The number of sulfonamides is 1. The molecule has 14 heteroatoms.